The van der Waals surface area contributed by atoms with E-state index in [1.54, 1.807) is 24.7 Å². The number of hydrogen-bond donors (Lipinski definition) is 3. The lowest BCUT2D eigenvalue weighted by Crippen LogP contribution is -2.35. The Bertz CT molecular complexity index is 1110. The Kier molecular flexibility index (Phi) is 15.1. The predicted molar refractivity (Wildman–Crippen MR) is 154 cm³/mol. The molecule has 0 fully saturated rings. The molecular formula is C26H42N7O4P. The van der Waals surface area contributed by atoms with Gasteiger partial charge in [-0.05, 0) is 52.4 Å². The minimum atomic E-state index is -1.34. The maximum absolute atomic E-state index is 12.1. The molecular weight excluding hydrogens is 505 g/mol. The Morgan fingerprint density at radius 2 is 1.87 bits per heavy atom. The molecule has 3 rings (SSSR count). The SMILES string of the molecule is CC.CCOC(=O)C(C)NP(CO[C@](C)(/C=C\n1cnc2c(N)ncnc21)CC)Oc1ccccc1.CN. The lowest BCUT2D eigenvalue weighted by Gasteiger charge is -2.29. The fraction of sp³-hybridized carbons (Fsp3) is 0.462. The second-order valence-electron chi connectivity index (χ2n) is 7.72. The molecule has 11 nitrogen and oxygen atoms in total. The summed E-state index contributed by atoms with van der Waals surface area (Å²) in [6, 6.07) is 8.89. The maximum atomic E-state index is 12.1. The fourth-order valence-electron chi connectivity index (χ4n) is 2.93. The van der Waals surface area contributed by atoms with Gasteiger partial charge in [-0.15, -0.1) is 0 Å². The zero-order valence-electron chi connectivity index (χ0n) is 23.4. The molecule has 1 aromatic carbocycles. The van der Waals surface area contributed by atoms with Gasteiger partial charge in [-0.25, -0.2) is 20.0 Å². The van der Waals surface area contributed by atoms with Crippen molar-refractivity contribution in [3.05, 3.63) is 49.1 Å². The monoisotopic (exact) mass is 547 g/mol. The number of nitrogens with one attached hydrogen (secondary N) is 1. The summed E-state index contributed by atoms with van der Waals surface area (Å²) < 4.78 is 19.3. The molecule has 0 amide bonds. The largest absolute Gasteiger partial charge is 0.465 e. The molecule has 2 heterocycles. The molecule has 0 saturated heterocycles. The van der Waals surface area contributed by atoms with E-state index in [2.05, 4.69) is 25.8 Å². The van der Waals surface area contributed by atoms with E-state index in [0.29, 0.717) is 35.8 Å². The van der Waals surface area contributed by atoms with Crippen LogP contribution in [0.1, 0.15) is 48.0 Å². The number of imidazole rings is 1. The molecule has 5 N–H and O–H groups in total. The van der Waals surface area contributed by atoms with E-state index in [0.717, 1.165) is 0 Å². The van der Waals surface area contributed by atoms with E-state index < -0.39 is 19.9 Å². The van der Waals surface area contributed by atoms with E-state index in [1.165, 1.54) is 13.4 Å². The van der Waals surface area contributed by atoms with Crippen LogP contribution in [-0.2, 0) is 14.3 Å². The summed E-state index contributed by atoms with van der Waals surface area (Å²) in [5.41, 5.74) is 10.9. The summed E-state index contributed by atoms with van der Waals surface area (Å²) in [4.78, 5) is 24.7. The Morgan fingerprint density at radius 1 is 1.18 bits per heavy atom. The van der Waals surface area contributed by atoms with Gasteiger partial charge in [0.05, 0.1) is 12.2 Å². The van der Waals surface area contributed by atoms with Crippen molar-refractivity contribution in [2.45, 2.75) is 59.6 Å². The third kappa shape index (κ3) is 9.98. The third-order valence-electron chi connectivity index (χ3n) is 5.12. The molecule has 0 radical (unpaired) electrons. The summed E-state index contributed by atoms with van der Waals surface area (Å²) in [6.45, 7) is 11.9. The van der Waals surface area contributed by atoms with Crippen molar-refractivity contribution < 1.29 is 18.8 Å². The van der Waals surface area contributed by atoms with Gasteiger partial charge in [0.1, 0.15) is 30.8 Å². The fourth-order valence-corrected chi connectivity index (χ4v) is 4.43. The van der Waals surface area contributed by atoms with Crippen molar-refractivity contribution in [3.8, 4) is 5.75 Å². The minimum Gasteiger partial charge on any atom is -0.465 e. The quantitative estimate of drug-likeness (QED) is 0.217. The van der Waals surface area contributed by atoms with Gasteiger partial charge in [-0.2, -0.15) is 0 Å². The van der Waals surface area contributed by atoms with Crippen LogP contribution in [0, 0.1) is 0 Å². The number of para-hydroxylation sites is 1. The first kappa shape index (κ1) is 32.9. The smallest absolute Gasteiger partial charge is 0.323 e. The van der Waals surface area contributed by atoms with Crippen molar-refractivity contribution in [3.63, 3.8) is 0 Å². The lowest BCUT2D eigenvalue weighted by molar-refractivity contribution is -0.144. The number of anilines is 1. The van der Waals surface area contributed by atoms with Crippen LogP contribution in [0.25, 0.3) is 17.4 Å². The number of nitrogen functional groups attached to an aromatic ring is 1. The van der Waals surface area contributed by atoms with Gasteiger partial charge in [0.2, 0.25) is 0 Å². The summed E-state index contributed by atoms with van der Waals surface area (Å²) >= 11 is 0. The van der Waals surface area contributed by atoms with Crippen LogP contribution < -0.4 is 21.1 Å². The van der Waals surface area contributed by atoms with E-state index in [-0.39, 0.29) is 12.3 Å². The number of nitrogens with two attached hydrogens (primary N) is 2. The normalized spacial score (nSPS) is 13.9. The number of carbonyl (C=O) groups excluding carboxylic acids is 1. The average Bonchev–Trinajstić information content (AvgIpc) is 3.38. The number of rotatable bonds is 12. The number of aromatic nitrogens is 4. The van der Waals surface area contributed by atoms with Crippen molar-refractivity contribution in [2.24, 2.45) is 5.73 Å². The topological polar surface area (TPSA) is 152 Å². The molecule has 0 aliphatic heterocycles. The Labute approximate surface area is 226 Å². The second-order valence-corrected chi connectivity index (χ2v) is 9.18. The number of nitrogens with zero attached hydrogens (tertiary/aromatic N) is 4. The molecule has 0 spiro atoms. The lowest BCUT2D eigenvalue weighted by atomic mass is 10.0. The van der Waals surface area contributed by atoms with Crippen LogP contribution in [0.2, 0.25) is 0 Å². The zero-order chi connectivity index (χ0) is 28.6. The highest BCUT2D eigenvalue weighted by Crippen LogP contribution is 2.37. The van der Waals surface area contributed by atoms with Crippen molar-refractivity contribution >= 4 is 37.5 Å². The number of ether oxygens (including phenoxy) is 2. The van der Waals surface area contributed by atoms with Crippen LogP contribution in [0.15, 0.2) is 49.1 Å². The standard InChI is InChI=1S/C23H31N6O4P.C2H6.CH5N/c1-5-23(4,12-13-29-15-27-19-20(24)25-14-26-21(19)29)32-16-34(28-17(3)22(30)31-6-2)33-18-10-8-7-9-11-18;2*1-2/h7-15,17,28H,5-6,16H2,1-4H3,(H2,24,25,26);1-2H3;2H2,1H3/b13-12-;;/t17?,23-,34?;;/m0../s1. The maximum Gasteiger partial charge on any atom is 0.323 e. The number of fused-ring (bicyclic) bond motifs is 1. The van der Waals surface area contributed by atoms with Crippen molar-refractivity contribution in [1.82, 2.24) is 24.6 Å². The van der Waals surface area contributed by atoms with Crippen LogP contribution in [0.5, 0.6) is 5.75 Å². The summed E-state index contributed by atoms with van der Waals surface area (Å²) in [6.07, 6.45) is 7.79. The molecule has 0 bridgehead atoms. The molecule has 0 aliphatic rings. The number of benzene rings is 1. The molecule has 0 aliphatic carbocycles. The number of carbonyl (C=O) groups is 1. The summed E-state index contributed by atoms with van der Waals surface area (Å²) in [5, 5.41) is 3.22. The van der Waals surface area contributed by atoms with Gasteiger partial charge in [0.25, 0.3) is 0 Å². The summed E-state index contributed by atoms with van der Waals surface area (Å²) in [5.74, 6) is 0.687. The average molecular weight is 548 g/mol. The van der Waals surface area contributed by atoms with Gasteiger partial charge in [0, 0.05) is 6.20 Å². The Hall–Kier alpha value is -3.11. The van der Waals surface area contributed by atoms with Crippen molar-refractivity contribution in [1.29, 1.82) is 0 Å². The third-order valence-corrected chi connectivity index (χ3v) is 6.60. The number of hydrogen-bond acceptors (Lipinski definition) is 10. The predicted octanol–water partition coefficient (Wildman–Crippen LogP) is 4.56. The van der Waals surface area contributed by atoms with E-state index >= 15 is 0 Å². The zero-order valence-corrected chi connectivity index (χ0v) is 24.3. The van der Waals surface area contributed by atoms with Crippen LogP contribution >= 0.6 is 8.30 Å². The molecule has 0 saturated carbocycles. The van der Waals surface area contributed by atoms with Crippen LogP contribution in [0.3, 0.4) is 0 Å². The Balaban J connectivity index is 0.00000172. The first-order valence-electron chi connectivity index (χ1n) is 12.6. The summed E-state index contributed by atoms with van der Waals surface area (Å²) in [7, 11) is 0.159. The van der Waals surface area contributed by atoms with Gasteiger partial charge in [-0.1, -0.05) is 39.0 Å². The van der Waals surface area contributed by atoms with Crippen LogP contribution in [0.4, 0.5) is 5.82 Å². The molecule has 12 heteroatoms. The van der Waals surface area contributed by atoms with Gasteiger partial charge in [-0.3, -0.25) is 9.36 Å². The van der Waals surface area contributed by atoms with Crippen molar-refractivity contribution in [2.75, 3.05) is 25.7 Å². The first-order chi connectivity index (χ1) is 18.3. The highest BCUT2D eigenvalue weighted by molar-refractivity contribution is 7.50. The van der Waals surface area contributed by atoms with E-state index in [1.807, 2.05) is 70.3 Å². The number of esters is 1. The highest BCUT2D eigenvalue weighted by atomic mass is 31.2. The first-order valence-corrected chi connectivity index (χ1v) is 14.1. The molecule has 210 valence electrons. The second kappa shape index (κ2) is 17.4. The van der Waals surface area contributed by atoms with E-state index in [4.69, 9.17) is 19.7 Å². The van der Waals surface area contributed by atoms with Gasteiger partial charge in [0.15, 0.2) is 25.3 Å². The Morgan fingerprint density at radius 3 is 2.50 bits per heavy atom. The van der Waals surface area contributed by atoms with Gasteiger partial charge >= 0.3 is 5.97 Å². The van der Waals surface area contributed by atoms with Crippen LogP contribution in [-0.4, -0.2) is 57.1 Å². The molecule has 3 atom stereocenters. The minimum absolute atomic E-state index is 0.252. The van der Waals surface area contributed by atoms with Gasteiger partial charge < -0.3 is 25.5 Å². The molecule has 3 aromatic rings. The molecule has 2 aromatic heterocycles. The molecule has 2 unspecified atom stereocenters. The molecule has 38 heavy (non-hydrogen) atoms. The van der Waals surface area contributed by atoms with E-state index in [9.17, 15) is 4.79 Å². The highest BCUT2D eigenvalue weighted by Gasteiger charge is 2.26.